The Morgan fingerprint density at radius 3 is 2.57 bits per heavy atom. The number of nitrogens with one attached hydrogen (secondary N) is 1. The first-order valence-electron chi connectivity index (χ1n) is 10.9. The molecule has 0 saturated heterocycles. The van der Waals surface area contributed by atoms with E-state index in [-0.39, 0.29) is 5.82 Å². The minimum atomic E-state index is -0.473. The SMILES string of the molecule is CN=C(N)SCCCn1cc(-n2c(-c3cn(C)c4ccc(F)cc34)n[nH]c2=O)c2cc(F)ccc21. The van der Waals surface area contributed by atoms with Crippen LogP contribution in [0.25, 0.3) is 38.9 Å². The first-order chi connectivity index (χ1) is 16.9. The number of aliphatic imine (C=N–C) groups is 1. The number of rotatable bonds is 6. The molecule has 3 N–H and O–H groups in total. The zero-order chi connectivity index (χ0) is 24.7. The number of nitrogens with zero attached hydrogens (tertiary/aromatic N) is 5. The second-order valence-electron chi connectivity index (χ2n) is 8.14. The van der Waals surface area contributed by atoms with E-state index in [1.54, 1.807) is 25.4 Å². The van der Waals surface area contributed by atoms with Crippen LogP contribution < -0.4 is 11.4 Å². The van der Waals surface area contributed by atoms with Gasteiger partial charge in [-0.2, -0.15) is 5.10 Å². The number of nitrogens with two attached hydrogens (primary N) is 1. The van der Waals surface area contributed by atoms with Gasteiger partial charge in [0.15, 0.2) is 11.0 Å². The van der Waals surface area contributed by atoms with Gasteiger partial charge in [0.25, 0.3) is 0 Å². The number of hydrogen-bond donors (Lipinski definition) is 2. The fraction of sp³-hybridized carbons (Fsp3) is 0.208. The van der Waals surface area contributed by atoms with Gasteiger partial charge in [-0.05, 0) is 42.8 Å². The van der Waals surface area contributed by atoms with Crippen LogP contribution in [-0.4, -0.2) is 41.9 Å². The van der Waals surface area contributed by atoms with Gasteiger partial charge >= 0.3 is 5.69 Å². The first kappa shape index (κ1) is 22.9. The van der Waals surface area contributed by atoms with Crippen LogP contribution in [0.3, 0.4) is 0 Å². The van der Waals surface area contributed by atoms with Gasteiger partial charge in [-0.3, -0.25) is 4.99 Å². The molecular formula is C24H23F2N7OS. The van der Waals surface area contributed by atoms with Gasteiger partial charge in [-0.1, -0.05) is 11.8 Å². The second-order valence-corrected chi connectivity index (χ2v) is 9.25. The summed E-state index contributed by atoms with van der Waals surface area (Å²) in [7, 11) is 3.49. The maximum atomic E-state index is 14.3. The molecule has 5 aromatic rings. The Morgan fingerprint density at radius 1 is 1.11 bits per heavy atom. The van der Waals surface area contributed by atoms with Gasteiger partial charge in [-0.15, -0.1) is 0 Å². The van der Waals surface area contributed by atoms with E-state index >= 15 is 0 Å². The van der Waals surface area contributed by atoms with Gasteiger partial charge in [0.2, 0.25) is 0 Å². The standard InChI is InChI=1S/C24H23F2N7OS/c1-28-23(27)35-9-3-8-32-13-21(17-11-15(26)5-7-20(17)32)33-22(29-30-24(33)34)18-12-31(2)19-6-4-14(25)10-16(18)19/h4-7,10-13H,3,8-9H2,1-2H3,(H2,27,28)(H,30,34). The molecule has 0 bridgehead atoms. The highest BCUT2D eigenvalue weighted by atomic mass is 32.2. The third kappa shape index (κ3) is 4.12. The molecule has 0 amide bonds. The molecule has 8 nitrogen and oxygen atoms in total. The number of H-pyrrole nitrogens is 1. The number of benzene rings is 2. The lowest BCUT2D eigenvalue weighted by Crippen LogP contribution is -2.15. The highest BCUT2D eigenvalue weighted by Gasteiger charge is 2.21. The number of fused-ring (bicyclic) bond motifs is 2. The molecule has 180 valence electrons. The van der Waals surface area contributed by atoms with Crippen molar-refractivity contribution < 1.29 is 8.78 Å². The summed E-state index contributed by atoms with van der Waals surface area (Å²) in [6, 6.07) is 8.98. The van der Waals surface area contributed by atoms with Crippen molar-refractivity contribution in [1.82, 2.24) is 23.9 Å². The predicted octanol–water partition coefficient (Wildman–Crippen LogP) is 4.02. The van der Waals surface area contributed by atoms with E-state index in [9.17, 15) is 13.6 Å². The van der Waals surface area contributed by atoms with Crippen molar-refractivity contribution in [3.63, 3.8) is 0 Å². The maximum Gasteiger partial charge on any atom is 0.348 e. The van der Waals surface area contributed by atoms with Crippen molar-refractivity contribution in [1.29, 1.82) is 0 Å². The van der Waals surface area contributed by atoms with Gasteiger partial charge in [0.05, 0.1) is 11.2 Å². The minimum absolute atomic E-state index is 0.317. The van der Waals surface area contributed by atoms with Crippen molar-refractivity contribution in [3.8, 4) is 17.1 Å². The van der Waals surface area contributed by atoms with Crippen molar-refractivity contribution in [3.05, 3.63) is 70.9 Å². The number of halogens is 2. The third-order valence-electron chi connectivity index (χ3n) is 5.94. The summed E-state index contributed by atoms with van der Waals surface area (Å²) in [4.78, 5) is 16.9. The average Bonchev–Trinajstić information content (AvgIpc) is 3.49. The van der Waals surface area contributed by atoms with E-state index in [2.05, 4.69) is 15.2 Å². The number of amidine groups is 1. The van der Waals surface area contributed by atoms with Crippen LogP contribution in [0.15, 0.2) is 58.6 Å². The van der Waals surface area contributed by atoms with E-state index in [0.717, 1.165) is 23.2 Å². The largest absolute Gasteiger partial charge is 0.379 e. The monoisotopic (exact) mass is 495 g/mol. The molecule has 0 aliphatic rings. The Balaban J connectivity index is 1.63. The molecule has 3 aromatic heterocycles. The van der Waals surface area contributed by atoms with E-state index < -0.39 is 11.5 Å². The van der Waals surface area contributed by atoms with E-state index in [1.807, 2.05) is 22.4 Å². The molecule has 0 unspecified atom stereocenters. The summed E-state index contributed by atoms with van der Waals surface area (Å²) in [5.41, 5.74) is 7.94. The van der Waals surface area contributed by atoms with E-state index in [1.165, 1.54) is 40.6 Å². The molecule has 3 heterocycles. The Hall–Kier alpha value is -3.86. The van der Waals surface area contributed by atoms with Crippen molar-refractivity contribution >= 4 is 38.7 Å². The lowest BCUT2D eigenvalue weighted by molar-refractivity contribution is 0.629. The Bertz CT molecular complexity index is 1640. The van der Waals surface area contributed by atoms with Crippen LogP contribution in [-0.2, 0) is 13.6 Å². The quantitative estimate of drug-likeness (QED) is 0.211. The van der Waals surface area contributed by atoms with Crippen LogP contribution in [0.4, 0.5) is 8.78 Å². The summed E-state index contributed by atoms with van der Waals surface area (Å²) in [6.45, 7) is 0.632. The first-order valence-corrected chi connectivity index (χ1v) is 11.9. The Morgan fingerprint density at radius 2 is 1.83 bits per heavy atom. The topological polar surface area (TPSA) is 98.9 Å². The molecule has 35 heavy (non-hydrogen) atoms. The van der Waals surface area contributed by atoms with Crippen molar-refractivity contribution in [2.45, 2.75) is 13.0 Å². The molecule has 0 fully saturated rings. The molecule has 0 atom stereocenters. The molecule has 0 aliphatic heterocycles. The normalized spacial score (nSPS) is 12.3. The summed E-state index contributed by atoms with van der Waals surface area (Å²) in [5.74, 6) is 0.277. The molecule has 0 aliphatic carbocycles. The van der Waals surface area contributed by atoms with Gasteiger partial charge in [-0.25, -0.2) is 23.2 Å². The van der Waals surface area contributed by atoms with Crippen molar-refractivity contribution in [2.75, 3.05) is 12.8 Å². The van der Waals surface area contributed by atoms with Crippen LogP contribution in [0, 0.1) is 11.6 Å². The fourth-order valence-corrected chi connectivity index (χ4v) is 4.95. The minimum Gasteiger partial charge on any atom is -0.379 e. The fourth-order valence-electron chi connectivity index (χ4n) is 4.33. The van der Waals surface area contributed by atoms with Gasteiger partial charge < -0.3 is 14.9 Å². The molecule has 2 aromatic carbocycles. The van der Waals surface area contributed by atoms with Gasteiger partial charge in [0.1, 0.15) is 11.6 Å². The lowest BCUT2D eigenvalue weighted by atomic mass is 10.1. The molecule has 11 heteroatoms. The van der Waals surface area contributed by atoms with Crippen LogP contribution in [0.1, 0.15) is 6.42 Å². The highest BCUT2D eigenvalue weighted by Crippen LogP contribution is 2.33. The predicted molar refractivity (Wildman–Crippen MR) is 136 cm³/mol. The number of aryl methyl sites for hydroxylation is 2. The number of thioether (sulfide) groups is 1. The second kappa shape index (κ2) is 9.06. The smallest absolute Gasteiger partial charge is 0.348 e. The Labute approximate surface area is 203 Å². The van der Waals surface area contributed by atoms with Crippen LogP contribution in [0.2, 0.25) is 0 Å². The van der Waals surface area contributed by atoms with E-state index in [0.29, 0.717) is 39.6 Å². The van der Waals surface area contributed by atoms with Crippen molar-refractivity contribution in [2.24, 2.45) is 17.8 Å². The van der Waals surface area contributed by atoms with E-state index in [4.69, 9.17) is 5.73 Å². The summed E-state index contributed by atoms with van der Waals surface area (Å²) >= 11 is 1.47. The third-order valence-corrected chi connectivity index (χ3v) is 6.91. The average molecular weight is 496 g/mol. The van der Waals surface area contributed by atoms with Crippen LogP contribution in [0.5, 0.6) is 0 Å². The lowest BCUT2D eigenvalue weighted by Gasteiger charge is -2.05. The zero-order valence-corrected chi connectivity index (χ0v) is 19.9. The maximum absolute atomic E-state index is 14.3. The molecule has 5 rings (SSSR count). The highest BCUT2D eigenvalue weighted by molar-refractivity contribution is 8.13. The van der Waals surface area contributed by atoms with Crippen LogP contribution >= 0.6 is 11.8 Å². The molecular weight excluding hydrogens is 472 g/mol. The summed E-state index contributed by atoms with van der Waals surface area (Å²) in [6.07, 6.45) is 4.41. The Kier molecular flexibility index (Phi) is 5.93. The number of aromatic nitrogens is 5. The van der Waals surface area contributed by atoms with Gasteiger partial charge in [0, 0.05) is 60.6 Å². The molecule has 0 radical (unpaired) electrons. The summed E-state index contributed by atoms with van der Waals surface area (Å²) in [5, 5.41) is 8.47. The number of aromatic amines is 1. The molecule has 0 saturated carbocycles. The number of hydrogen-bond acceptors (Lipinski definition) is 4. The molecule has 0 spiro atoms. The zero-order valence-electron chi connectivity index (χ0n) is 19.1. The summed E-state index contributed by atoms with van der Waals surface area (Å²) < 4.78 is 33.6.